The zero-order valence-electron chi connectivity index (χ0n) is 9.76. The number of likely N-dealkylation sites (N-methyl/N-ethyl adjacent to an activating group) is 1. The van der Waals surface area contributed by atoms with Gasteiger partial charge < -0.3 is 4.90 Å². The second kappa shape index (κ2) is 5.54. The topological polar surface area (TPSA) is 61.6 Å². The van der Waals surface area contributed by atoms with Crippen LogP contribution in [0.4, 0.5) is 5.00 Å². The molecule has 1 aromatic rings. The number of hydrogen-bond donors (Lipinski definition) is 1. The van der Waals surface area contributed by atoms with E-state index in [0.717, 1.165) is 31.7 Å². The Labute approximate surface area is 104 Å². The first-order valence-corrected chi connectivity index (χ1v) is 6.42. The molecule has 2 heterocycles. The molecule has 0 spiro atoms. The quantitative estimate of drug-likeness (QED) is 0.641. The number of hydrogen-bond acceptors (Lipinski definition) is 6. The fraction of sp³-hybridized carbons (Fsp3) is 0.600. The molecule has 0 unspecified atom stereocenters. The number of piperazine rings is 1. The molecule has 0 saturated carbocycles. The summed E-state index contributed by atoms with van der Waals surface area (Å²) in [5.74, 6) is 0. The van der Waals surface area contributed by atoms with E-state index in [9.17, 15) is 10.1 Å². The molecular formula is C10H16N4O2S. The van der Waals surface area contributed by atoms with Gasteiger partial charge >= 0.3 is 5.00 Å². The maximum Gasteiger partial charge on any atom is 0.324 e. The van der Waals surface area contributed by atoms with Gasteiger partial charge in [-0.15, -0.1) is 0 Å². The molecule has 1 fully saturated rings. The fourth-order valence-corrected chi connectivity index (χ4v) is 2.45. The molecule has 0 aromatic carbocycles. The molecule has 6 nitrogen and oxygen atoms in total. The van der Waals surface area contributed by atoms with E-state index in [4.69, 9.17) is 0 Å². The van der Waals surface area contributed by atoms with Crippen molar-refractivity contribution in [3.05, 3.63) is 27.1 Å². The number of nitro groups is 1. The van der Waals surface area contributed by atoms with E-state index in [2.05, 4.69) is 22.4 Å². The van der Waals surface area contributed by atoms with Crippen LogP contribution in [0.15, 0.2) is 11.4 Å². The number of hydrazine groups is 1. The van der Waals surface area contributed by atoms with E-state index in [1.54, 1.807) is 6.07 Å². The van der Waals surface area contributed by atoms with Crippen LogP contribution in [0.3, 0.4) is 0 Å². The summed E-state index contributed by atoms with van der Waals surface area (Å²) in [5.41, 5.74) is 4.27. The van der Waals surface area contributed by atoms with Crippen molar-refractivity contribution in [1.82, 2.24) is 15.3 Å². The Morgan fingerprint density at radius 3 is 2.76 bits per heavy atom. The molecule has 7 heteroatoms. The Kier molecular flexibility index (Phi) is 4.06. The normalized spacial score (nSPS) is 18.4. The van der Waals surface area contributed by atoms with Crippen molar-refractivity contribution in [3.8, 4) is 0 Å². The van der Waals surface area contributed by atoms with Gasteiger partial charge in [0.2, 0.25) is 0 Å². The van der Waals surface area contributed by atoms with Gasteiger partial charge in [0.1, 0.15) is 0 Å². The molecule has 17 heavy (non-hydrogen) atoms. The van der Waals surface area contributed by atoms with Crippen LogP contribution in [0.5, 0.6) is 0 Å². The first-order valence-electron chi connectivity index (χ1n) is 5.54. The summed E-state index contributed by atoms with van der Waals surface area (Å²) in [4.78, 5) is 12.5. The van der Waals surface area contributed by atoms with E-state index in [-0.39, 0.29) is 9.92 Å². The molecule has 0 bridgehead atoms. The Morgan fingerprint density at radius 1 is 1.47 bits per heavy atom. The number of nitrogens with one attached hydrogen (secondary N) is 1. The molecule has 2 rings (SSSR count). The lowest BCUT2D eigenvalue weighted by molar-refractivity contribution is -0.380. The predicted molar refractivity (Wildman–Crippen MR) is 66.9 cm³/mol. The van der Waals surface area contributed by atoms with Crippen molar-refractivity contribution in [3.63, 3.8) is 0 Å². The number of nitrogens with zero attached hydrogens (tertiary/aromatic N) is 3. The third-order valence-corrected chi connectivity index (χ3v) is 3.76. The van der Waals surface area contributed by atoms with Crippen LogP contribution in [-0.4, -0.2) is 48.1 Å². The van der Waals surface area contributed by atoms with Crippen LogP contribution >= 0.6 is 11.3 Å². The van der Waals surface area contributed by atoms with Gasteiger partial charge in [0.25, 0.3) is 0 Å². The lowest BCUT2D eigenvalue weighted by atomic mass is 10.3. The van der Waals surface area contributed by atoms with Gasteiger partial charge in [0, 0.05) is 44.2 Å². The molecule has 0 atom stereocenters. The van der Waals surface area contributed by atoms with Crippen molar-refractivity contribution in [2.75, 3.05) is 33.2 Å². The molecule has 1 N–H and O–H groups in total. The number of rotatable bonds is 4. The third-order valence-electron chi connectivity index (χ3n) is 2.83. The monoisotopic (exact) mass is 256 g/mol. The smallest absolute Gasteiger partial charge is 0.304 e. The highest BCUT2D eigenvalue weighted by molar-refractivity contribution is 7.13. The van der Waals surface area contributed by atoms with Crippen LogP contribution in [0.2, 0.25) is 0 Å². The minimum atomic E-state index is -0.343. The van der Waals surface area contributed by atoms with E-state index < -0.39 is 0 Å². The lowest BCUT2D eigenvalue weighted by Gasteiger charge is -2.32. The Bertz CT molecular complexity index is 387. The van der Waals surface area contributed by atoms with Gasteiger partial charge in [0.15, 0.2) is 0 Å². The summed E-state index contributed by atoms with van der Waals surface area (Å²) in [6, 6.07) is 1.63. The Hall–Kier alpha value is -1.02. The SMILES string of the molecule is CN1CCN(NCc2csc([N+](=O)[O-])c2)CC1. The standard InChI is InChI=1S/C10H16N4O2S/c1-12-2-4-13(5-3-12)11-7-9-6-10(14(15)16)17-8-9/h6,8,11H,2-5,7H2,1H3. The molecule has 0 radical (unpaired) electrons. The minimum Gasteiger partial charge on any atom is -0.304 e. The van der Waals surface area contributed by atoms with Gasteiger partial charge in [-0.1, -0.05) is 11.3 Å². The summed E-state index contributed by atoms with van der Waals surface area (Å²) in [6.07, 6.45) is 0. The fourth-order valence-electron chi connectivity index (χ4n) is 1.72. The second-order valence-corrected chi connectivity index (χ2v) is 5.07. The van der Waals surface area contributed by atoms with Crippen molar-refractivity contribution < 1.29 is 4.92 Å². The third kappa shape index (κ3) is 3.47. The Morgan fingerprint density at radius 2 is 2.18 bits per heavy atom. The van der Waals surface area contributed by atoms with Crippen molar-refractivity contribution in [2.45, 2.75) is 6.54 Å². The summed E-state index contributed by atoms with van der Waals surface area (Å²) in [6.45, 7) is 4.74. The van der Waals surface area contributed by atoms with Crippen molar-refractivity contribution in [1.29, 1.82) is 0 Å². The van der Waals surface area contributed by atoms with E-state index >= 15 is 0 Å². The average molecular weight is 256 g/mol. The van der Waals surface area contributed by atoms with Gasteiger partial charge in [-0.05, 0) is 12.6 Å². The largest absolute Gasteiger partial charge is 0.324 e. The molecule has 94 valence electrons. The summed E-state index contributed by atoms with van der Waals surface area (Å²) >= 11 is 1.18. The molecule has 1 saturated heterocycles. The summed E-state index contributed by atoms with van der Waals surface area (Å²) < 4.78 is 0. The lowest BCUT2D eigenvalue weighted by Crippen LogP contribution is -2.50. The van der Waals surface area contributed by atoms with Gasteiger partial charge in [-0.25, -0.2) is 5.01 Å². The van der Waals surface area contributed by atoms with Crippen LogP contribution in [0.1, 0.15) is 5.56 Å². The predicted octanol–water partition coefficient (Wildman–Crippen LogP) is 0.908. The summed E-state index contributed by atoms with van der Waals surface area (Å²) in [7, 11) is 2.11. The molecule has 0 amide bonds. The zero-order chi connectivity index (χ0) is 12.3. The average Bonchev–Trinajstić information content (AvgIpc) is 2.77. The van der Waals surface area contributed by atoms with Gasteiger partial charge in [-0.3, -0.25) is 15.5 Å². The van der Waals surface area contributed by atoms with Crippen LogP contribution in [-0.2, 0) is 6.54 Å². The molecule has 1 aliphatic rings. The molecule has 1 aromatic heterocycles. The molecule has 0 aliphatic carbocycles. The Balaban J connectivity index is 1.79. The molecule has 1 aliphatic heterocycles. The first kappa shape index (κ1) is 12.4. The number of thiophene rings is 1. The van der Waals surface area contributed by atoms with Crippen LogP contribution < -0.4 is 5.43 Å². The van der Waals surface area contributed by atoms with E-state index in [1.165, 1.54) is 11.3 Å². The summed E-state index contributed by atoms with van der Waals surface area (Å²) in [5, 5.41) is 14.7. The zero-order valence-corrected chi connectivity index (χ0v) is 10.6. The van der Waals surface area contributed by atoms with Gasteiger partial charge in [-0.2, -0.15) is 0 Å². The maximum absolute atomic E-state index is 10.5. The minimum absolute atomic E-state index is 0.208. The van der Waals surface area contributed by atoms with Crippen LogP contribution in [0, 0.1) is 10.1 Å². The highest BCUT2D eigenvalue weighted by Gasteiger charge is 2.14. The van der Waals surface area contributed by atoms with E-state index in [1.807, 2.05) is 5.38 Å². The molecular weight excluding hydrogens is 240 g/mol. The van der Waals surface area contributed by atoms with E-state index in [0.29, 0.717) is 6.54 Å². The van der Waals surface area contributed by atoms with Gasteiger partial charge in [0.05, 0.1) is 4.92 Å². The highest BCUT2D eigenvalue weighted by Crippen LogP contribution is 2.22. The highest BCUT2D eigenvalue weighted by atomic mass is 32.1. The maximum atomic E-state index is 10.5. The van der Waals surface area contributed by atoms with Crippen LogP contribution in [0.25, 0.3) is 0 Å². The van der Waals surface area contributed by atoms with Crippen molar-refractivity contribution in [2.24, 2.45) is 0 Å². The first-order chi connectivity index (χ1) is 8.15. The van der Waals surface area contributed by atoms with Crippen molar-refractivity contribution >= 4 is 16.3 Å². The second-order valence-electron chi connectivity index (χ2n) is 4.18.